The van der Waals surface area contributed by atoms with E-state index in [0.29, 0.717) is 55.7 Å². The van der Waals surface area contributed by atoms with Crippen molar-refractivity contribution in [3.05, 3.63) is 64.0 Å². The number of aromatic amines is 1. The Balaban J connectivity index is 1.44. The first-order chi connectivity index (χ1) is 16.2. The van der Waals surface area contributed by atoms with Crippen LogP contribution in [0.4, 0.5) is 18.9 Å². The van der Waals surface area contributed by atoms with E-state index < -0.39 is 46.3 Å². The Labute approximate surface area is 190 Å². The number of aromatic nitrogens is 4. The average Bonchev–Trinajstić information content (AvgIpc) is 3.14. The smallest absolute Gasteiger partial charge is 0.293 e. The van der Waals surface area contributed by atoms with Crippen LogP contribution < -0.4 is 10.6 Å². The number of H-pyrrole nitrogens is 1. The summed E-state index contributed by atoms with van der Waals surface area (Å²) in [6, 6.07) is 0.881. The first-order valence-corrected chi connectivity index (χ1v) is 10.6. The molecule has 3 aromatic rings. The van der Waals surface area contributed by atoms with Crippen molar-refractivity contribution in [2.45, 2.75) is 44.7 Å². The maximum atomic E-state index is 14.1. The highest BCUT2D eigenvalue weighted by Gasteiger charge is 2.49. The number of carbonyl (C=O) groups is 3. The molecule has 176 valence electrons. The number of carbonyl (C=O) groups excluding carboxylic acids is 3. The van der Waals surface area contributed by atoms with Gasteiger partial charge in [0.2, 0.25) is 0 Å². The lowest BCUT2D eigenvalue weighted by atomic mass is 10.0. The molecule has 1 aromatic carbocycles. The topological polar surface area (TPSA) is 122 Å². The van der Waals surface area contributed by atoms with E-state index in [9.17, 15) is 27.6 Å². The van der Waals surface area contributed by atoms with Gasteiger partial charge >= 0.3 is 0 Å². The highest BCUT2D eigenvalue weighted by molar-refractivity contribution is 6.44. The first kappa shape index (κ1) is 21.9. The fourth-order valence-corrected chi connectivity index (χ4v) is 4.51. The highest BCUT2D eigenvalue weighted by Crippen LogP contribution is 2.44. The molecule has 1 aliphatic carbocycles. The molecule has 1 fully saturated rings. The van der Waals surface area contributed by atoms with Crippen molar-refractivity contribution >= 4 is 23.3 Å². The second-order valence-electron chi connectivity index (χ2n) is 8.47. The van der Waals surface area contributed by atoms with Gasteiger partial charge in [-0.25, -0.2) is 13.2 Å². The van der Waals surface area contributed by atoms with E-state index in [0.717, 1.165) is 0 Å². The van der Waals surface area contributed by atoms with Gasteiger partial charge in [0.05, 0.1) is 16.8 Å². The predicted octanol–water partition coefficient (Wildman–Crippen LogP) is 2.52. The molecule has 3 N–H and O–H groups in total. The number of ketones is 1. The Morgan fingerprint density at radius 2 is 1.85 bits per heavy atom. The first-order valence-electron chi connectivity index (χ1n) is 10.6. The van der Waals surface area contributed by atoms with Crippen LogP contribution in [-0.2, 0) is 23.3 Å². The zero-order valence-corrected chi connectivity index (χ0v) is 18.0. The number of anilines is 1. The van der Waals surface area contributed by atoms with Crippen molar-refractivity contribution in [3.8, 4) is 0 Å². The van der Waals surface area contributed by atoms with Gasteiger partial charge in [-0.3, -0.25) is 19.5 Å². The number of nitrogens with zero attached hydrogens (tertiary/aromatic N) is 3. The van der Waals surface area contributed by atoms with E-state index in [1.807, 2.05) is 0 Å². The van der Waals surface area contributed by atoms with E-state index in [2.05, 4.69) is 26.0 Å². The number of hydrogen-bond acceptors (Lipinski definition) is 5. The number of halogens is 3. The van der Waals surface area contributed by atoms with Crippen LogP contribution in [0.25, 0.3) is 0 Å². The molecule has 34 heavy (non-hydrogen) atoms. The molecule has 2 amide bonds. The summed E-state index contributed by atoms with van der Waals surface area (Å²) < 4.78 is 42.4. The summed E-state index contributed by atoms with van der Waals surface area (Å²) in [7, 11) is 0. The van der Waals surface area contributed by atoms with Crippen LogP contribution >= 0.6 is 0 Å². The van der Waals surface area contributed by atoms with Crippen molar-refractivity contribution in [2.24, 2.45) is 0 Å². The second-order valence-corrected chi connectivity index (χ2v) is 8.47. The lowest BCUT2D eigenvalue weighted by molar-refractivity contribution is -0.118. The molecule has 12 heteroatoms. The molecule has 0 unspecified atom stereocenters. The molecule has 2 aliphatic rings. The van der Waals surface area contributed by atoms with Gasteiger partial charge in [-0.15, -0.1) is 5.10 Å². The SMILES string of the molecule is Cc1c(C(=O)C(=O)NC2(c3c[nH]nn3)CC2)c2n(c1C(=O)Nc1cc(F)c(F)cc1F)CCC2. The summed E-state index contributed by atoms with van der Waals surface area (Å²) in [5, 5.41) is 15.1. The Bertz CT molecular complexity index is 1340. The summed E-state index contributed by atoms with van der Waals surface area (Å²) in [4.78, 5) is 39.1. The van der Waals surface area contributed by atoms with Crippen LogP contribution in [0.3, 0.4) is 0 Å². The zero-order valence-electron chi connectivity index (χ0n) is 18.0. The van der Waals surface area contributed by atoms with Gasteiger partial charge in [0.1, 0.15) is 17.2 Å². The molecule has 0 atom stereocenters. The van der Waals surface area contributed by atoms with Crippen molar-refractivity contribution in [2.75, 3.05) is 5.32 Å². The van der Waals surface area contributed by atoms with Gasteiger partial charge < -0.3 is 15.2 Å². The van der Waals surface area contributed by atoms with Gasteiger partial charge in [0.25, 0.3) is 17.6 Å². The van der Waals surface area contributed by atoms with Crippen LogP contribution in [0.5, 0.6) is 0 Å². The summed E-state index contributed by atoms with van der Waals surface area (Å²) in [6.45, 7) is 1.93. The molecule has 9 nitrogen and oxygen atoms in total. The van der Waals surface area contributed by atoms with E-state index in [4.69, 9.17) is 0 Å². The minimum Gasteiger partial charge on any atom is -0.340 e. The molecule has 0 radical (unpaired) electrons. The average molecular weight is 472 g/mol. The zero-order chi connectivity index (χ0) is 24.2. The van der Waals surface area contributed by atoms with Crippen molar-refractivity contribution in [3.63, 3.8) is 0 Å². The monoisotopic (exact) mass is 472 g/mol. The molecule has 0 spiro atoms. The number of benzene rings is 1. The molecule has 3 heterocycles. The Hall–Kier alpha value is -3.96. The predicted molar refractivity (Wildman–Crippen MR) is 112 cm³/mol. The Morgan fingerprint density at radius 1 is 1.12 bits per heavy atom. The Kier molecular flexibility index (Phi) is 5.03. The summed E-state index contributed by atoms with van der Waals surface area (Å²) >= 11 is 0. The highest BCUT2D eigenvalue weighted by atomic mass is 19.2. The van der Waals surface area contributed by atoms with Gasteiger partial charge in [-0.1, -0.05) is 5.21 Å². The number of rotatable bonds is 6. The second kappa shape index (κ2) is 7.82. The fourth-order valence-electron chi connectivity index (χ4n) is 4.51. The molecule has 0 saturated heterocycles. The summed E-state index contributed by atoms with van der Waals surface area (Å²) in [5.41, 5.74) is 0.196. The van der Waals surface area contributed by atoms with E-state index >= 15 is 0 Å². The largest absolute Gasteiger partial charge is 0.340 e. The molecule has 5 rings (SSSR count). The number of hydrogen-bond donors (Lipinski definition) is 3. The van der Waals surface area contributed by atoms with Gasteiger partial charge in [0.15, 0.2) is 11.6 Å². The maximum Gasteiger partial charge on any atom is 0.293 e. The standard InChI is InChI=1S/C22H19F3N6O3/c1-10-17(19(32)21(34)28-22(4-5-22)16-9-26-30-29-16)15-3-2-6-31(15)18(10)20(33)27-14-8-12(24)11(23)7-13(14)25/h7-9H,2-6H2,1H3,(H,27,33)(H,28,34)(H,26,29,30). The lowest BCUT2D eigenvalue weighted by Crippen LogP contribution is -2.40. The van der Waals surface area contributed by atoms with Crippen molar-refractivity contribution in [1.82, 2.24) is 25.3 Å². The van der Waals surface area contributed by atoms with Crippen molar-refractivity contribution < 1.29 is 27.6 Å². The molecule has 0 bridgehead atoms. The van der Waals surface area contributed by atoms with Gasteiger partial charge in [-0.2, -0.15) is 0 Å². The molecular formula is C22H19F3N6O3. The van der Waals surface area contributed by atoms with E-state index in [-0.39, 0.29) is 16.8 Å². The number of Topliss-reactive ketones (excluding diaryl/α,β-unsaturated/α-hetero) is 1. The minimum atomic E-state index is -1.38. The maximum absolute atomic E-state index is 14.1. The number of fused-ring (bicyclic) bond motifs is 1. The molecule has 1 saturated carbocycles. The van der Waals surface area contributed by atoms with Crippen molar-refractivity contribution in [1.29, 1.82) is 0 Å². The minimum absolute atomic E-state index is 0.0606. The van der Waals surface area contributed by atoms with Gasteiger partial charge in [-0.05, 0) is 38.2 Å². The van der Waals surface area contributed by atoms with Crippen LogP contribution in [0.1, 0.15) is 57.1 Å². The molecule has 2 aromatic heterocycles. The number of nitrogens with one attached hydrogen (secondary N) is 3. The lowest BCUT2D eigenvalue weighted by Gasteiger charge is -2.14. The molecule has 1 aliphatic heterocycles. The molecular weight excluding hydrogens is 453 g/mol. The fraction of sp³-hybridized carbons (Fsp3) is 0.318. The van der Waals surface area contributed by atoms with Crippen LogP contribution in [0.2, 0.25) is 0 Å². The summed E-state index contributed by atoms with van der Waals surface area (Å²) in [6.07, 6.45) is 3.88. The normalized spacial score (nSPS) is 15.6. The Morgan fingerprint density at radius 3 is 2.53 bits per heavy atom. The van der Waals surface area contributed by atoms with Crippen LogP contribution in [0, 0.1) is 24.4 Å². The van der Waals surface area contributed by atoms with E-state index in [1.165, 1.54) is 6.92 Å². The van der Waals surface area contributed by atoms with Crippen LogP contribution in [-0.4, -0.2) is 37.6 Å². The summed E-state index contributed by atoms with van der Waals surface area (Å²) in [5.74, 6) is -6.27. The number of amides is 2. The van der Waals surface area contributed by atoms with E-state index in [1.54, 1.807) is 10.8 Å². The third-order valence-corrected chi connectivity index (χ3v) is 6.33. The quantitative estimate of drug-likeness (QED) is 0.289. The third-order valence-electron chi connectivity index (χ3n) is 6.33. The van der Waals surface area contributed by atoms with Gasteiger partial charge in [0, 0.05) is 30.6 Å². The van der Waals surface area contributed by atoms with Crippen LogP contribution in [0.15, 0.2) is 18.3 Å². The third kappa shape index (κ3) is 3.45.